The summed E-state index contributed by atoms with van der Waals surface area (Å²) in [4.78, 5) is 39.7. The third-order valence-electron chi connectivity index (χ3n) is 5.47. The first-order chi connectivity index (χ1) is 15.8. The van der Waals surface area contributed by atoms with Crippen molar-refractivity contribution in [3.05, 3.63) is 23.8 Å². The molecule has 2 rings (SSSR count). The van der Waals surface area contributed by atoms with Gasteiger partial charge in [0.2, 0.25) is 18.2 Å². The van der Waals surface area contributed by atoms with Crippen LogP contribution in [0.25, 0.3) is 0 Å². The van der Waals surface area contributed by atoms with Crippen molar-refractivity contribution in [3.63, 3.8) is 0 Å². The van der Waals surface area contributed by atoms with Gasteiger partial charge in [0.25, 0.3) is 0 Å². The molecule has 0 bridgehead atoms. The van der Waals surface area contributed by atoms with E-state index in [0.717, 1.165) is 17.0 Å². The second-order valence-electron chi connectivity index (χ2n) is 7.83. The summed E-state index contributed by atoms with van der Waals surface area (Å²) in [5.41, 5.74) is -0.131. The first-order valence-corrected chi connectivity index (χ1v) is 11.0. The molecule has 1 aliphatic heterocycles. The maximum absolute atomic E-state index is 14.9. The van der Waals surface area contributed by atoms with Gasteiger partial charge in [-0.3, -0.25) is 14.4 Å². The number of carbonyl (C=O) groups is 3. The molecule has 1 aromatic carbocycles. The lowest BCUT2D eigenvalue weighted by molar-refractivity contribution is -0.130. The zero-order chi connectivity index (χ0) is 24.4. The number of carbonyl (C=O) groups excluding carboxylic acids is 3. The highest BCUT2D eigenvalue weighted by atomic mass is 19.1. The van der Waals surface area contributed by atoms with Crippen LogP contribution >= 0.6 is 0 Å². The van der Waals surface area contributed by atoms with Crippen molar-refractivity contribution < 1.29 is 27.9 Å². The summed E-state index contributed by atoms with van der Waals surface area (Å²) >= 11 is 0. The first-order valence-electron chi connectivity index (χ1n) is 11.0. The number of anilines is 2. The van der Waals surface area contributed by atoms with Gasteiger partial charge < -0.3 is 30.1 Å². The second kappa shape index (κ2) is 13.0. The highest BCUT2D eigenvalue weighted by Gasteiger charge is 2.26. The average molecular weight is 470 g/mol. The third-order valence-corrected chi connectivity index (χ3v) is 5.47. The number of nitrogens with one attached hydrogen (secondary N) is 2. The summed E-state index contributed by atoms with van der Waals surface area (Å²) in [5.74, 6) is -1.78. The van der Waals surface area contributed by atoms with E-state index in [4.69, 9.17) is 4.74 Å². The number of benzene rings is 1. The Morgan fingerprint density at radius 2 is 1.85 bits per heavy atom. The van der Waals surface area contributed by atoms with Crippen LogP contribution in [-0.4, -0.2) is 89.2 Å². The highest BCUT2D eigenvalue weighted by Crippen LogP contribution is 2.29. The van der Waals surface area contributed by atoms with E-state index in [0.29, 0.717) is 45.4 Å². The fraction of sp³-hybridized carbons (Fsp3) is 0.591. The molecule has 184 valence electrons. The Bertz CT molecular complexity index is 795. The topological polar surface area (TPSA) is 94.2 Å². The molecule has 1 atom stereocenters. The van der Waals surface area contributed by atoms with E-state index in [1.807, 2.05) is 6.92 Å². The van der Waals surface area contributed by atoms with Gasteiger partial charge in [-0.25, -0.2) is 8.78 Å². The minimum Gasteiger partial charge on any atom is -0.378 e. The largest absolute Gasteiger partial charge is 0.378 e. The summed E-state index contributed by atoms with van der Waals surface area (Å²) in [5, 5.41) is 5.51. The van der Waals surface area contributed by atoms with Gasteiger partial charge in [0.15, 0.2) is 11.6 Å². The predicted molar refractivity (Wildman–Crippen MR) is 121 cm³/mol. The Labute approximate surface area is 193 Å². The molecule has 1 aliphatic rings. The van der Waals surface area contributed by atoms with E-state index in [2.05, 4.69) is 10.6 Å². The summed E-state index contributed by atoms with van der Waals surface area (Å²) in [6.45, 7) is 3.59. The van der Waals surface area contributed by atoms with Crippen LogP contribution in [0.2, 0.25) is 0 Å². The molecule has 3 amide bonds. The lowest BCUT2D eigenvalue weighted by Crippen LogP contribution is -2.51. The Balaban J connectivity index is 2.07. The van der Waals surface area contributed by atoms with Crippen LogP contribution < -0.4 is 20.4 Å². The second-order valence-corrected chi connectivity index (χ2v) is 7.83. The molecule has 1 saturated heterocycles. The van der Waals surface area contributed by atoms with Gasteiger partial charge in [-0.15, -0.1) is 0 Å². The van der Waals surface area contributed by atoms with E-state index in [9.17, 15) is 23.2 Å². The molecule has 0 saturated carbocycles. The van der Waals surface area contributed by atoms with Crippen molar-refractivity contribution in [2.45, 2.75) is 25.9 Å². The van der Waals surface area contributed by atoms with Crippen LogP contribution in [0.5, 0.6) is 0 Å². The molecule has 0 aliphatic carbocycles. The number of halogens is 2. The highest BCUT2D eigenvalue weighted by molar-refractivity contribution is 5.79. The SMILES string of the molecule is CCCC(=O)NCC(CN(C=O)c1cc(F)c(N2CCN(C(=O)CNC)CC2)c(F)c1)OC. The van der Waals surface area contributed by atoms with Crippen molar-refractivity contribution in [3.8, 4) is 0 Å². The van der Waals surface area contributed by atoms with Crippen molar-refractivity contribution >= 4 is 29.6 Å². The summed E-state index contributed by atoms with van der Waals surface area (Å²) in [6.07, 6.45) is 1.00. The van der Waals surface area contributed by atoms with Crippen LogP contribution in [0.15, 0.2) is 12.1 Å². The Hall–Kier alpha value is -2.79. The van der Waals surface area contributed by atoms with Crippen LogP contribution in [0, 0.1) is 11.6 Å². The Morgan fingerprint density at radius 1 is 1.21 bits per heavy atom. The molecule has 1 unspecified atom stereocenters. The number of hydrogen-bond acceptors (Lipinski definition) is 6. The van der Waals surface area contributed by atoms with E-state index < -0.39 is 17.7 Å². The number of rotatable bonds is 12. The summed E-state index contributed by atoms with van der Waals surface area (Å²) in [6, 6.07) is 2.21. The molecule has 0 spiro atoms. The van der Waals surface area contributed by atoms with Gasteiger partial charge >= 0.3 is 0 Å². The van der Waals surface area contributed by atoms with Gasteiger partial charge in [-0.05, 0) is 25.6 Å². The standard InChI is InChI=1S/C22H33F2N5O4/c1-4-5-20(31)26-12-17(33-3)14-29(15-30)16-10-18(23)22(19(24)11-16)28-8-6-27(7-9-28)21(32)13-25-2/h10-11,15,17,25H,4-9,12-14H2,1-3H3,(H,26,31). The lowest BCUT2D eigenvalue weighted by atomic mass is 10.2. The van der Waals surface area contributed by atoms with Gasteiger partial charge in [0.05, 0.1) is 19.2 Å². The normalized spacial score (nSPS) is 14.7. The molecule has 9 nitrogen and oxygen atoms in total. The molecule has 2 N–H and O–H groups in total. The Kier molecular flexibility index (Phi) is 10.5. The maximum atomic E-state index is 14.9. The molecule has 11 heteroatoms. The fourth-order valence-corrected chi connectivity index (χ4v) is 3.66. The minimum atomic E-state index is -0.794. The average Bonchev–Trinajstić information content (AvgIpc) is 2.79. The predicted octanol–water partition coefficient (Wildman–Crippen LogP) is 0.727. The van der Waals surface area contributed by atoms with Gasteiger partial charge in [-0.2, -0.15) is 0 Å². The molecule has 1 aromatic rings. The first kappa shape index (κ1) is 26.5. The van der Waals surface area contributed by atoms with Crippen LogP contribution in [0.1, 0.15) is 19.8 Å². The number of hydrogen-bond donors (Lipinski definition) is 2. The number of piperazine rings is 1. The quantitative estimate of drug-likeness (QED) is 0.439. The molecule has 1 heterocycles. The molecular weight excluding hydrogens is 436 g/mol. The zero-order valence-corrected chi connectivity index (χ0v) is 19.4. The van der Waals surface area contributed by atoms with Gasteiger partial charge in [-0.1, -0.05) is 6.92 Å². The van der Waals surface area contributed by atoms with Crippen molar-refractivity contribution in [1.82, 2.24) is 15.5 Å². The molecule has 0 radical (unpaired) electrons. The van der Waals surface area contributed by atoms with E-state index in [1.54, 1.807) is 16.8 Å². The van der Waals surface area contributed by atoms with Crippen molar-refractivity contribution in [2.75, 3.05) is 69.8 Å². The van der Waals surface area contributed by atoms with E-state index in [-0.39, 0.29) is 42.8 Å². The zero-order valence-electron chi connectivity index (χ0n) is 19.4. The smallest absolute Gasteiger partial charge is 0.236 e. The van der Waals surface area contributed by atoms with Gasteiger partial charge in [0, 0.05) is 51.9 Å². The molecule has 33 heavy (non-hydrogen) atoms. The summed E-state index contributed by atoms with van der Waals surface area (Å²) < 4.78 is 35.2. The molecule has 0 aromatic heterocycles. The van der Waals surface area contributed by atoms with E-state index in [1.165, 1.54) is 7.11 Å². The monoisotopic (exact) mass is 469 g/mol. The number of likely N-dealkylation sites (N-methyl/N-ethyl adjacent to an activating group) is 1. The maximum Gasteiger partial charge on any atom is 0.236 e. The summed E-state index contributed by atoms with van der Waals surface area (Å²) in [7, 11) is 3.12. The van der Waals surface area contributed by atoms with Crippen molar-refractivity contribution in [1.29, 1.82) is 0 Å². The minimum absolute atomic E-state index is 0.0108. The van der Waals surface area contributed by atoms with Crippen LogP contribution in [0.3, 0.4) is 0 Å². The van der Waals surface area contributed by atoms with Gasteiger partial charge in [0.1, 0.15) is 5.69 Å². The third kappa shape index (κ3) is 7.36. The number of nitrogens with zero attached hydrogens (tertiary/aromatic N) is 3. The van der Waals surface area contributed by atoms with Crippen molar-refractivity contribution in [2.24, 2.45) is 0 Å². The number of amides is 3. The van der Waals surface area contributed by atoms with E-state index >= 15 is 0 Å². The molecular formula is C22H33F2N5O4. The fourth-order valence-electron chi connectivity index (χ4n) is 3.66. The lowest BCUT2D eigenvalue weighted by Gasteiger charge is -2.36. The number of methoxy groups -OCH3 is 1. The molecule has 1 fully saturated rings. The van der Waals surface area contributed by atoms with Crippen LogP contribution in [-0.2, 0) is 19.1 Å². The van der Waals surface area contributed by atoms with Crippen LogP contribution in [0.4, 0.5) is 20.2 Å². The number of ether oxygens (including phenoxy) is 1. The Morgan fingerprint density at radius 3 is 2.36 bits per heavy atom.